The van der Waals surface area contributed by atoms with Gasteiger partial charge in [-0.2, -0.15) is 5.10 Å². The number of aryl methyl sites for hydroxylation is 1. The quantitative estimate of drug-likeness (QED) is 0.741. The number of ether oxygens (including phenoxy) is 1. The van der Waals surface area contributed by atoms with Gasteiger partial charge in [0, 0.05) is 24.8 Å². The van der Waals surface area contributed by atoms with E-state index in [4.69, 9.17) is 4.74 Å². The Hall–Kier alpha value is -3.15. The van der Waals surface area contributed by atoms with Gasteiger partial charge in [-0.3, -0.25) is 9.59 Å². The third-order valence-corrected chi connectivity index (χ3v) is 4.28. The van der Waals surface area contributed by atoms with Crippen molar-refractivity contribution in [1.29, 1.82) is 0 Å². The molecule has 0 aliphatic rings. The summed E-state index contributed by atoms with van der Waals surface area (Å²) in [5, 5.41) is 7.94. The number of hydrogen-bond donors (Lipinski definition) is 1. The molecule has 3 aromatic rings. The molecule has 0 aliphatic heterocycles. The van der Waals surface area contributed by atoms with Crippen LogP contribution in [-0.4, -0.2) is 28.7 Å². The number of aromatic nitrogens is 2. The van der Waals surface area contributed by atoms with E-state index in [0.29, 0.717) is 6.54 Å². The van der Waals surface area contributed by atoms with Crippen molar-refractivity contribution in [3.05, 3.63) is 59.8 Å². The molecule has 0 bridgehead atoms. The smallest absolute Gasteiger partial charge is 0.247 e. The van der Waals surface area contributed by atoms with E-state index in [1.54, 1.807) is 13.3 Å². The molecule has 0 fully saturated rings. The molecule has 0 saturated carbocycles. The van der Waals surface area contributed by atoms with Crippen LogP contribution in [0.1, 0.15) is 28.8 Å². The second-order valence-electron chi connectivity index (χ2n) is 6.08. The Morgan fingerprint density at radius 3 is 2.62 bits per heavy atom. The van der Waals surface area contributed by atoms with Crippen molar-refractivity contribution in [3.8, 4) is 5.75 Å². The van der Waals surface area contributed by atoms with Gasteiger partial charge in [0.15, 0.2) is 0 Å². The van der Waals surface area contributed by atoms with Gasteiger partial charge in [0.2, 0.25) is 11.8 Å². The second kappa shape index (κ2) is 7.82. The number of nitrogens with zero attached hydrogens (tertiary/aromatic N) is 2. The molecule has 26 heavy (non-hydrogen) atoms. The lowest BCUT2D eigenvalue weighted by Crippen LogP contribution is -2.24. The molecule has 0 atom stereocenters. The molecule has 0 radical (unpaired) electrons. The number of benzene rings is 2. The van der Waals surface area contributed by atoms with Crippen LogP contribution in [0.3, 0.4) is 0 Å². The van der Waals surface area contributed by atoms with E-state index in [0.717, 1.165) is 27.8 Å². The zero-order valence-corrected chi connectivity index (χ0v) is 14.9. The van der Waals surface area contributed by atoms with Gasteiger partial charge in [-0.05, 0) is 36.2 Å². The molecular formula is C20H21N3O3. The molecule has 6 nitrogen and oxygen atoms in total. The van der Waals surface area contributed by atoms with Crippen LogP contribution in [0.25, 0.3) is 10.9 Å². The van der Waals surface area contributed by atoms with Crippen molar-refractivity contribution in [2.45, 2.75) is 26.3 Å². The van der Waals surface area contributed by atoms with Crippen LogP contribution in [0, 0.1) is 6.92 Å². The zero-order chi connectivity index (χ0) is 18.5. The van der Waals surface area contributed by atoms with E-state index >= 15 is 0 Å². The van der Waals surface area contributed by atoms with Crippen molar-refractivity contribution in [2.24, 2.45) is 0 Å². The lowest BCUT2D eigenvalue weighted by atomic mass is 10.1. The van der Waals surface area contributed by atoms with Crippen molar-refractivity contribution in [2.75, 3.05) is 7.11 Å². The first kappa shape index (κ1) is 17.7. The monoisotopic (exact) mass is 351 g/mol. The number of methoxy groups -OCH3 is 1. The van der Waals surface area contributed by atoms with E-state index in [1.165, 1.54) is 4.68 Å². The van der Waals surface area contributed by atoms with Crippen molar-refractivity contribution >= 4 is 22.7 Å². The van der Waals surface area contributed by atoms with Crippen LogP contribution >= 0.6 is 0 Å². The fourth-order valence-electron chi connectivity index (χ4n) is 2.75. The van der Waals surface area contributed by atoms with Gasteiger partial charge < -0.3 is 10.1 Å². The van der Waals surface area contributed by atoms with Gasteiger partial charge in [-0.25, -0.2) is 4.68 Å². The van der Waals surface area contributed by atoms with E-state index in [2.05, 4.69) is 10.4 Å². The Kier molecular flexibility index (Phi) is 5.31. The molecule has 0 spiro atoms. The van der Waals surface area contributed by atoms with Gasteiger partial charge >= 0.3 is 0 Å². The first-order valence-corrected chi connectivity index (χ1v) is 8.44. The highest BCUT2D eigenvalue weighted by molar-refractivity contribution is 5.93. The van der Waals surface area contributed by atoms with Crippen LogP contribution in [-0.2, 0) is 11.3 Å². The van der Waals surface area contributed by atoms with Gasteiger partial charge in [0.05, 0.1) is 18.8 Å². The maximum atomic E-state index is 12.4. The van der Waals surface area contributed by atoms with Crippen LogP contribution in [0.15, 0.2) is 48.7 Å². The average Bonchev–Trinajstić information content (AvgIpc) is 3.10. The lowest BCUT2D eigenvalue weighted by Gasteiger charge is -2.07. The molecule has 0 aliphatic carbocycles. The number of amides is 1. The largest absolute Gasteiger partial charge is 0.497 e. The number of hydrogen-bond acceptors (Lipinski definition) is 4. The number of carbonyl (C=O) groups is 2. The fourth-order valence-corrected chi connectivity index (χ4v) is 2.75. The summed E-state index contributed by atoms with van der Waals surface area (Å²) in [6, 6.07) is 13.2. The van der Waals surface area contributed by atoms with Gasteiger partial charge in [-0.1, -0.05) is 24.3 Å². The molecule has 1 amide bonds. The summed E-state index contributed by atoms with van der Waals surface area (Å²) in [6.45, 7) is 2.40. The minimum atomic E-state index is -0.190. The summed E-state index contributed by atoms with van der Waals surface area (Å²) < 4.78 is 6.47. The molecular weight excluding hydrogens is 330 g/mol. The summed E-state index contributed by atoms with van der Waals surface area (Å²) in [6.07, 6.45) is 1.92. The SMILES string of the molecule is COc1ccc(CNC(=O)CCC(=O)n2ncc3c(C)cccc32)cc1. The van der Waals surface area contributed by atoms with Crippen molar-refractivity contribution < 1.29 is 14.3 Å². The molecule has 1 heterocycles. The van der Waals surface area contributed by atoms with E-state index in [9.17, 15) is 9.59 Å². The van der Waals surface area contributed by atoms with Gasteiger partial charge in [-0.15, -0.1) is 0 Å². The van der Waals surface area contributed by atoms with Crippen molar-refractivity contribution in [3.63, 3.8) is 0 Å². The average molecular weight is 351 g/mol. The Morgan fingerprint density at radius 2 is 1.88 bits per heavy atom. The highest BCUT2D eigenvalue weighted by atomic mass is 16.5. The first-order chi connectivity index (χ1) is 12.6. The normalized spacial score (nSPS) is 10.7. The van der Waals surface area contributed by atoms with Crippen LogP contribution in [0.2, 0.25) is 0 Å². The predicted molar refractivity (Wildman–Crippen MR) is 99.2 cm³/mol. The summed E-state index contributed by atoms with van der Waals surface area (Å²) in [5.74, 6) is 0.416. The molecule has 0 unspecified atom stereocenters. The van der Waals surface area contributed by atoms with Gasteiger partial charge in [0.1, 0.15) is 5.75 Å². The van der Waals surface area contributed by atoms with Crippen LogP contribution in [0.4, 0.5) is 0 Å². The Bertz CT molecular complexity index is 929. The number of fused-ring (bicyclic) bond motifs is 1. The maximum Gasteiger partial charge on any atom is 0.247 e. The number of nitrogens with one attached hydrogen (secondary N) is 1. The molecule has 1 aromatic heterocycles. The first-order valence-electron chi connectivity index (χ1n) is 8.44. The highest BCUT2D eigenvalue weighted by Gasteiger charge is 2.13. The summed E-state index contributed by atoms with van der Waals surface area (Å²) in [7, 11) is 1.61. The van der Waals surface area contributed by atoms with Crippen LogP contribution < -0.4 is 10.1 Å². The predicted octanol–water partition coefficient (Wildman–Crippen LogP) is 3.09. The van der Waals surface area contributed by atoms with Gasteiger partial charge in [0.25, 0.3) is 0 Å². The molecule has 6 heteroatoms. The Morgan fingerprint density at radius 1 is 1.12 bits per heavy atom. The minimum absolute atomic E-state index is 0.110. The molecule has 0 saturated heterocycles. The highest BCUT2D eigenvalue weighted by Crippen LogP contribution is 2.18. The molecule has 1 N–H and O–H groups in total. The summed E-state index contributed by atoms with van der Waals surface area (Å²) in [5.41, 5.74) is 2.81. The summed E-state index contributed by atoms with van der Waals surface area (Å²) >= 11 is 0. The summed E-state index contributed by atoms with van der Waals surface area (Å²) in [4.78, 5) is 24.4. The molecule has 2 aromatic carbocycles. The number of rotatable bonds is 6. The molecule has 134 valence electrons. The lowest BCUT2D eigenvalue weighted by molar-refractivity contribution is -0.121. The third-order valence-electron chi connectivity index (χ3n) is 4.28. The Labute approximate surface area is 151 Å². The second-order valence-corrected chi connectivity index (χ2v) is 6.08. The number of carbonyl (C=O) groups excluding carboxylic acids is 2. The zero-order valence-electron chi connectivity index (χ0n) is 14.9. The van der Waals surface area contributed by atoms with Crippen LogP contribution in [0.5, 0.6) is 5.75 Å². The maximum absolute atomic E-state index is 12.4. The van der Waals surface area contributed by atoms with E-state index in [1.807, 2.05) is 49.4 Å². The van der Waals surface area contributed by atoms with Crippen molar-refractivity contribution in [1.82, 2.24) is 15.1 Å². The van der Waals surface area contributed by atoms with E-state index < -0.39 is 0 Å². The minimum Gasteiger partial charge on any atom is -0.497 e. The molecule has 3 rings (SSSR count). The topological polar surface area (TPSA) is 73.2 Å². The van der Waals surface area contributed by atoms with E-state index in [-0.39, 0.29) is 24.7 Å². The standard InChI is InChI=1S/C20H21N3O3/c1-14-4-3-5-18-17(14)13-22-23(18)20(25)11-10-19(24)21-12-15-6-8-16(26-2)9-7-15/h3-9,13H,10-12H2,1-2H3,(H,21,24). The Balaban J connectivity index is 1.53. The third kappa shape index (κ3) is 3.91. The fraction of sp³-hybridized carbons (Fsp3) is 0.250.